The van der Waals surface area contributed by atoms with Crippen molar-refractivity contribution in [2.24, 2.45) is 0 Å². The van der Waals surface area contributed by atoms with Crippen molar-refractivity contribution in [3.8, 4) is 5.75 Å². The molecule has 120 valence electrons. The number of aryl methyl sites for hydroxylation is 1. The molecule has 0 radical (unpaired) electrons. The maximum Gasteiger partial charge on any atom is 0.119 e. The van der Waals surface area contributed by atoms with Gasteiger partial charge in [-0.25, -0.2) is 0 Å². The van der Waals surface area contributed by atoms with Crippen LogP contribution in [0.15, 0.2) is 36.4 Å². The lowest BCUT2D eigenvalue weighted by atomic mass is 10.0. The molecule has 0 amide bonds. The quantitative estimate of drug-likeness (QED) is 0.453. The highest BCUT2D eigenvalue weighted by atomic mass is 16.5. The van der Waals surface area contributed by atoms with E-state index in [0.717, 1.165) is 5.75 Å². The van der Waals surface area contributed by atoms with Gasteiger partial charge in [0.25, 0.3) is 0 Å². The molecule has 0 saturated heterocycles. The lowest BCUT2D eigenvalue weighted by Crippen LogP contribution is -1.88. The zero-order valence-corrected chi connectivity index (χ0v) is 14.2. The molecule has 0 atom stereocenters. The molecule has 0 saturated carbocycles. The fourth-order valence-corrected chi connectivity index (χ4v) is 3.02. The van der Waals surface area contributed by atoms with Gasteiger partial charge in [0.2, 0.25) is 0 Å². The van der Waals surface area contributed by atoms with Crippen LogP contribution in [0.5, 0.6) is 5.75 Å². The Morgan fingerprint density at radius 3 is 2.14 bits per heavy atom. The predicted molar refractivity (Wildman–Crippen MR) is 96.8 cm³/mol. The molecule has 0 heterocycles. The summed E-state index contributed by atoms with van der Waals surface area (Å²) < 4.78 is 5.32. The third-order valence-electron chi connectivity index (χ3n) is 4.43. The Morgan fingerprint density at radius 2 is 1.41 bits per heavy atom. The molecular formula is C21H30O. The first-order valence-electron chi connectivity index (χ1n) is 8.90. The Kier molecular flexibility index (Phi) is 7.28. The van der Waals surface area contributed by atoms with Crippen LogP contribution in [0.4, 0.5) is 0 Å². The molecule has 0 N–H and O–H groups in total. The van der Waals surface area contributed by atoms with E-state index in [1.54, 1.807) is 7.11 Å². The number of unbranched alkanes of at least 4 members (excludes halogenated alkanes) is 7. The summed E-state index contributed by atoms with van der Waals surface area (Å²) in [6.07, 6.45) is 12.3. The minimum atomic E-state index is 0.941. The number of fused-ring (bicyclic) bond motifs is 1. The van der Waals surface area contributed by atoms with Gasteiger partial charge in [0.1, 0.15) is 5.75 Å². The molecule has 0 fully saturated rings. The average molecular weight is 298 g/mol. The molecule has 2 aromatic rings. The average Bonchev–Trinajstić information content (AvgIpc) is 2.56. The van der Waals surface area contributed by atoms with Crippen molar-refractivity contribution >= 4 is 10.8 Å². The monoisotopic (exact) mass is 298 g/mol. The van der Waals surface area contributed by atoms with E-state index in [1.807, 2.05) is 6.07 Å². The van der Waals surface area contributed by atoms with Crippen LogP contribution in [-0.2, 0) is 6.42 Å². The second kappa shape index (κ2) is 9.50. The van der Waals surface area contributed by atoms with E-state index in [9.17, 15) is 0 Å². The molecule has 22 heavy (non-hydrogen) atoms. The zero-order valence-electron chi connectivity index (χ0n) is 14.2. The van der Waals surface area contributed by atoms with Crippen LogP contribution in [0.2, 0.25) is 0 Å². The van der Waals surface area contributed by atoms with Gasteiger partial charge < -0.3 is 4.74 Å². The first-order valence-corrected chi connectivity index (χ1v) is 8.90. The lowest BCUT2D eigenvalue weighted by Gasteiger charge is -2.06. The summed E-state index contributed by atoms with van der Waals surface area (Å²) in [6, 6.07) is 13.1. The van der Waals surface area contributed by atoms with Crippen LogP contribution in [0.1, 0.15) is 63.9 Å². The van der Waals surface area contributed by atoms with E-state index in [4.69, 9.17) is 4.74 Å². The van der Waals surface area contributed by atoms with Crippen molar-refractivity contribution < 1.29 is 4.74 Å². The molecule has 0 aliphatic rings. The molecule has 0 aromatic heterocycles. The summed E-state index contributed by atoms with van der Waals surface area (Å²) >= 11 is 0. The first kappa shape index (κ1) is 16.9. The fraction of sp³-hybridized carbons (Fsp3) is 0.524. The third kappa shape index (κ3) is 5.36. The molecule has 2 rings (SSSR count). The number of rotatable bonds is 10. The van der Waals surface area contributed by atoms with Crippen molar-refractivity contribution in [3.05, 3.63) is 42.0 Å². The van der Waals surface area contributed by atoms with Crippen molar-refractivity contribution in [3.63, 3.8) is 0 Å². The van der Waals surface area contributed by atoms with Crippen LogP contribution in [0.25, 0.3) is 10.8 Å². The maximum atomic E-state index is 5.32. The SMILES string of the molecule is CCCCCCCCCCc1ccc2ccc(OC)cc2c1. The van der Waals surface area contributed by atoms with E-state index >= 15 is 0 Å². The molecule has 0 aliphatic carbocycles. The van der Waals surface area contributed by atoms with Crippen LogP contribution in [-0.4, -0.2) is 7.11 Å². The first-order chi connectivity index (χ1) is 10.8. The predicted octanol–water partition coefficient (Wildman–Crippen LogP) is 6.53. The molecule has 0 aliphatic heterocycles. The normalized spacial score (nSPS) is 11.0. The molecule has 0 unspecified atom stereocenters. The van der Waals surface area contributed by atoms with E-state index in [1.165, 1.54) is 74.1 Å². The zero-order chi connectivity index (χ0) is 15.6. The molecule has 2 aromatic carbocycles. The second-order valence-corrected chi connectivity index (χ2v) is 6.27. The largest absolute Gasteiger partial charge is 0.497 e. The van der Waals surface area contributed by atoms with Gasteiger partial charge >= 0.3 is 0 Å². The van der Waals surface area contributed by atoms with Gasteiger partial charge in [0.05, 0.1) is 7.11 Å². The number of ether oxygens (including phenoxy) is 1. The minimum Gasteiger partial charge on any atom is -0.497 e. The van der Waals surface area contributed by atoms with Gasteiger partial charge in [0.15, 0.2) is 0 Å². The van der Waals surface area contributed by atoms with Gasteiger partial charge in [-0.15, -0.1) is 0 Å². The molecule has 1 heteroatoms. The summed E-state index contributed by atoms with van der Waals surface area (Å²) in [7, 11) is 1.73. The number of hydrogen-bond acceptors (Lipinski definition) is 1. The third-order valence-corrected chi connectivity index (χ3v) is 4.43. The highest BCUT2D eigenvalue weighted by Crippen LogP contribution is 2.22. The highest BCUT2D eigenvalue weighted by Gasteiger charge is 1.99. The Balaban J connectivity index is 1.74. The van der Waals surface area contributed by atoms with Crippen LogP contribution in [0.3, 0.4) is 0 Å². The summed E-state index contributed by atoms with van der Waals surface area (Å²) in [5.74, 6) is 0.941. The Morgan fingerprint density at radius 1 is 0.727 bits per heavy atom. The van der Waals surface area contributed by atoms with E-state index in [2.05, 4.69) is 37.3 Å². The Bertz CT molecular complexity index is 559. The number of methoxy groups -OCH3 is 1. The van der Waals surface area contributed by atoms with E-state index in [-0.39, 0.29) is 0 Å². The van der Waals surface area contributed by atoms with Crippen LogP contribution in [0, 0.1) is 0 Å². The molecular weight excluding hydrogens is 268 g/mol. The van der Waals surface area contributed by atoms with Crippen molar-refractivity contribution in [1.82, 2.24) is 0 Å². The summed E-state index contributed by atoms with van der Waals surface area (Å²) in [5.41, 5.74) is 1.45. The van der Waals surface area contributed by atoms with Crippen LogP contribution >= 0.6 is 0 Å². The number of benzene rings is 2. The Hall–Kier alpha value is -1.50. The van der Waals surface area contributed by atoms with Crippen molar-refractivity contribution in [1.29, 1.82) is 0 Å². The molecule has 0 bridgehead atoms. The van der Waals surface area contributed by atoms with Gasteiger partial charge in [0, 0.05) is 0 Å². The van der Waals surface area contributed by atoms with E-state index in [0.29, 0.717) is 0 Å². The fourth-order valence-electron chi connectivity index (χ4n) is 3.02. The van der Waals surface area contributed by atoms with E-state index < -0.39 is 0 Å². The van der Waals surface area contributed by atoms with Gasteiger partial charge in [-0.2, -0.15) is 0 Å². The van der Waals surface area contributed by atoms with Crippen LogP contribution < -0.4 is 4.74 Å². The van der Waals surface area contributed by atoms with Gasteiger partial charge in [-0.1, -0.05) is 76.1 Å². The summed E-state index contributed by atoms with van der Waals surface area (Å²) in [5, 5.41) is 2.58. The topological polar surface area (TPSA) is 9.23 Å². The maximum absolute atomic E-state index is 5.32. The van der Waals surface area contributed by atoms with Gasteiger partial charge in [-0.05, 0) is 41.3 Å². The smallest absolute Gasteiger partial charge is 0.119 e. The molecule has 0 spiro atoms. The molecule has 1 nitrogen and oxygen atoms in total. The standard InChI is InChI=1S/C21H30O/c1-3-4-5-6-7-8-9-10-11-18-12-13-19-14-15-21(22-2)17-20(19)16-18/h12-17H,3-11H2,1-2H3. The minimum absolute atomic E-state index is 0.941. The number of hydrogen-bond donors (Lipinski definition) is 0. The lowest BCUT2D eigenvalue weighted by molar-refractivity contribution is 0.415. The second-order valence-electron chi connectivity index (χ2n) is 6.27. The Labute approximate surface area is 135 Å². The van der Waals surface area contributed by atoms with Gasteiger partial charge in [-0.3, -0.25) is 0 Å². The van der Waals surface area contributed by atoms with Crippen molar-refractivity contribution in [2.45, 2.75) is 64.7 Å². The van der Waals surface area contributed by atoms with Crippen molar-refractivity contribution in [2.75, 3.05) is 7.11 Å². The highest BCUT2D eigenvalue weighted by molar-refractivity contribution is 5.84. The summed E-state index contributed by atoms with van der Waals surface area (Å²) in [6.45, 7) is 2.28. The summed E-state index contributed by atoms with van der Waals surface area (Å²) in [4.78, 5) is 0.